The Morgan fingerprint density at radius 1 is 0.915 bits per heavy atom. The normalized spacial score (nSPS) is 11.4. The third kappa shape index (κ3) is 14.0. The van der Waals surface area contributed by atoms with E-state index in [1.165, 1.54) is 0 Å². The Bertz CT molecular complexity index is 1480. The van der Waals surface area contributed by atoms with Gasteiger partial charge in [0.15, 0.2) is 5.78 Å². The number of dihydropyridines is 1. The Morgan fingerprint density at radius 3 is 2.13 bits per heavy atom. The second-order valence-corrected chi connectivity index (χ2v) is 10.2. The number of methoxy groups -OCH3 is 1. The van der Waals surface area contributed by atoms with Gasteiger partial charge in [-0.05, 0) is 80.1 Å². The standard InChI is InChI=1S/C26H30N2O4S.C7H8O.C2H6.2CH2O/c1-16-12-18(8-10-22(16)27)14-32-26(30)20-13-21(24(29)15-33)23(28-17(20)2)11-9-19-6-4-5-7-25(19)31-3;1-6-3-2-4-7(8)5-6;3*1-2/h4-8,10,12,28,33H,9,11,13-15,27H2,1-3H3;2-5,8H,1H3;1-2H3;2*1H2. The minimum Gasteiger partial charge on any atom is -0.508 e. The summed E-state index contributed by atoms with van der Waals surface area (Å²) in [5.41, 5.74) is 13.0. The van der Waals surface area contributed by atoms with Gasteiger partial charge in [0.25, 0.3) is 0 Å². The first-order valence-electron chi connectivity index (χ1n) is 14.9. The van der Waals surface area contributed by atoms with E-state index in [9.17, 15) is 9.59 Å². The van der Waals surface area contributed by atoms with Crippen LogP contribution in [0.1, 0.15) is 55.9 Å². The number of carbonyl (C=O) groups excluding carboxylic acids is 4. The maximum Gasteiger partial charge on any atom is 0.336 e. The number of aromatic hydroxyl groups is 1. The molecule has 10 heteroatoms. The Hall–Kier alpha value is -4.83. The summed E-state index contributed by atoms with van der Waals surface area (Å²) in [5.74, 6) is 0.673. The molecule has 4 rings (SSSR count). The Balaban J connectivity index is 0.00000128. The van der Waals surface area contributed by atoms with Gasteiger partial charge in [0.1, 0.15) is 31.7 Å². The highest BCUT2D eigenvalue weighted by Crippen LogP contribution is 2.29. The number of aryl methyl sites for hydroxylation is 3. The van der Waals surface area contributed by atoms with Crippen LogP contribution < -0.4 is 15.8 Å². The van der Waals surface area contributed by atoms with Crippen LogP contribution in [0.3, 0.4) is 0 Å². The van der Waals surface area contributed by atoms with Crippen LogP contribution >= 0.6 is 12.6 Å². The summed E-state index contributed by atoms with van der Waals surface area (Å²) in [7, 11) is 1.64. The van der Waals surface area contributed by atoms with Crippen molar-refractivity contribution in [1.82, 2.24) is 5.32 Å². The minimum atomic E-state index is -0.442. The zero-order valence-corrected chi connectivity index (χ0v) is 29.1. The summed E-state index contributed by atoms with van der Waals surface area (Å²) in [6, 6.07) is 20.5. The molecule has 0 saturated carbocycles. The van der Waals surface area contributed by atoms with E-state index in [0.717, 1.165) is 33.7 Å². The molecule has 9 nitrogen and oxygen atoms in total. The molecule has 0 radical (unpaired) electrons. The highest BCUT2D eigenvalue weighted by molar-refractivity contribution is 7.81. The van der Waals surface area contributed by atoms with Crippen molar-refractivity contribution in [2.24, 2.45) is 0 Å². The van der Waals surface area contributed by atoms with E-state index < -0.39 is 5.97 Å². The van der Waals surface area contributed by atoms with Crippen LogP contribution in [-0.4, -0.2) is 43.3 Å². The fraction of sp³-hybridized carbons (Fsp3) is 0.297. The number of phenolic OH excluding ortho intramolecular Hbond substituents is 1. The van der Waals surface area contributed by atoms with Crippen molar-refractivity contribution in [2.75, 3.05) is 18.6 Å². The van der Waals surface area contributed by atoms with E-state index in [-0.39, 0.29) is 24.6 Å². The molecule has 1 aliphatic rings. The monoisotopic (exact) mass is 664 g/mol. The molecule has 0 unspecified atom stereocenters. The highest BCUT2D eigenvalue weighted by Gasteiger charge is 2.27. The number of anilines is 1. The van der Waals surface area contributed by atoms with Crippen LogP contribution in [0.5, 0.6) is 11.5 Å². The molecule has 0 amide bonds. The molecule has 3 aromatic rings. The van der Waals surface area contributed by atoms with E-state index in [2.05, 4.69) is 17.9 Å². The number of allylic oxidation sites excluding steroid dienone is 3. The first-order valence-corrected chi connectivity index (χ1v) is 15.6. The Morgan fingerprint density at radius 2 is 1.57 bits per heavy atom. The second-order valence-electron chi connectivity index (χ2n) is 9.86. The van der Waals surface area contributed by atoms with Crippen LogP contribution in [0.2, 0.25) is 0 Å². The van der Waals surface area contributed by atoms with E-state index in [4.69, 9.17) is 29.9 Å². The molecule has 0 spiro atoms. The molecule has 0 atom stereocenters. The zero-order chi connectivity index (χ0) is 35.9. The van der Waals surface area contributed by atoms with Gasteiger partial charge >= 0.3 is 5.97 Å². The predicted octanol–water partition coefficient (Wildman–Crippen LogP) is 6.64. The van der Waals surface area contributed by atoms with Gasteiger partial charge in [-0.15, -0.1) is 0 Å². The van der Waals surface area contributed by atoms with Gasteiger partial charge in [-0.2, -0.15) is 12.6 Å². The Kier molecular flexibility index (Phi) is 21.1. The molecular formula is C37H48N2O7S. The Labute approximate surface area is 284 Å². The molecule has 0 fully saturated rings. The zero-order valence-electron chi connectivity index (χ0n) is 28.2. The average molecular weight is 665 g/mol. The largest absolute Gasteiger partial charge is 0.508 e. The minimum absolute atomic E-state index is 0.0707. The summed E-state index contributed by atoms with van der Waals surface area (Å²) >= 11 is 4.17. The maximum atomic E-state index is 12.8. The van der Waals surface area contributed by atoms with Crippen molar-refractivity contribution in [3.8, 4) is 11.5 Å². The van der Waals surface area contributed by atoms with Gasteiger partial charge in [0.05, 0.1) is 18.4 Å². The predicted molar refractivity (Wildman–Crippen MR) is 191 cm³/mol. The molecule has 0 saturated heterocycles. The SMILES string of the molecule is C=O.C=O.CC.COc1ccccc1CCC1=C(C(=O)CS)CC(C(=O)OCc2ccc(N)c(C)c2)=C(C)N1.Cc1cccc(O)c1. The van der Waals surface area contributed by atoms with Gasteiger partial charge in [0, 0.05) is 29.1 Å². The number of nitrogens with two attached hydrogens (primary N) is 1. The number of hydrogen-bond donors (Lipinski definition) is 4. The number of esters is 1. The number of hydrogen-bond acceptors (Lipinski definition) is 10. The highest BCUT2D eigenvalue weighted by atomic mass is 32.1. The quantitative estimate of drug-likeness (QED) is 0.112. The third-order valence-electron chi connectivity index (χ3n) is 6.78. The molecule has 3 aromatic carbocycles. The number of nitrogens with one attached hydrogen (secondary N) is 1. The summed E-state index contributed by atoms with van der Waals surface area (Å²) < 4.78 is 11.0. The number of rotatable bonds is 9. The van der Waals surface area contributed by atoms with Crippen LogP contribution in [0.15, 0.2) is 89.3 Å². The van der Waals surface area contributed by atoms with Crippen molar-refractivity contribution in [3.63, 3.8) is 0 Å². The number of ketones is 1. The lowest BCUT2D eigenvalue weighted by Gasteiger charge is -2.25. The summed E-state index contributed by atoms with van der Waals surface area (Å²) in [6.45, 7) is 13.8. The maximum absolute atomic E-state index is 12.8. The molecule has 1 heterocycles. The van der Waals surface area contributed by atoms with E-state index in [1.807, 2.05) is 96.7 Å². The van der Waals surface area contributed by atoms with Crippen LogP contribution in [0.4, 0.5) is 5.69 Å². The van der Waals surface area contributed by atoms with Gasteiger partial charge in [0.2, 0.25) is 0 Å². The molecule has 1 aliphatic heterocycles. The van der Waals surface area contributed by atoms with Crippen molar-refractivity contribution in [3.05, 3.63) is 112 Å². The van der Waals surface area contributed by atoms with Gasteiger partial charge < -0.3 is 35.2 Å². The van der Waals surface area contributed by atoms with Crippen molar-refractivity contribution < 1.29 is 33.8 Å². The number of ether oxygens (including phenoxy) is 2. The van der Waals surface area contributed by atoms with Gasteiger partial charge in [-0.25, -0.2) is 4.79 Å². The fourth-order valence-corrected chi connectivity index (χ4v) is 4.65. The number of phenols is 1. The number of thiol groups is 1. The lowest BCUT2D eigenvalue weighted by molar-refractivity contribution is -0.140. The third-order valence-corrected chi connectivity index (χ3v) is 7.07. The van der Waals surface area contributed by atoms with Crippen molar-refractivity contribution in [1.29, 1.82) is 0 Å². The number of carbonyl (C=O) groups is 4. The molecule has 0 aromatic heterocycles. The summed E-state index contributed by atoms with van der Waals surface area (Å²) in [6.07, 6.45) is 1.53. The van der Waals surface area contributed by atoms with Gasteiger partial charge in [-0.3, -0.25) is 4.79 Å². The molecular weight excluding hydrogens is 616 g/mol. The van der Waals surface area contributed by atoms with Crippen LogP contribution in [0.25, 0.3) is 0 Å². The van der Waals surface area contributed by atoms with Crippen LogP contribution in [-0.2, 0) is 36.9 Å². The fourth-order valence-electron chi connectivity index (χ4n) is 4.45. The number of para-hydroxylation sites is 1. The van der Waals surface area contributed by atoms with Gasteiger partial charge in [-0.1, -0.05) is 56.3 Å². The van der Waals surface area contributed by atoms with Crippen LogP contribution in [0, 0.1) is 13.8 Å². The smallest absolute Gasteiger partial charge is 0.336 e. The van der Waals surface area contributed by atoms with E-state index >= 15 is 0 Å². The summed E-state index contributed by atoms with van der Waals surface area (Å²) in [5, 5.41) is 12.1. The molecule has 0 aliphatic carbocycles. The molecule has 47 heavy (non-hydrogen) atoms. The number of benzene rings is 3. The number of Topliss-reactive ketones (excluding diaryl/α,β-unsaturated/α-hetero) is 1. The van der Waals surface area contributed by atoms with Crippen molar-refractivity contribution in [2.45, 2.75) is 60.5 Å². The van der Waals surface area contributed by atoms with E-state index in [1.54, 1.807) is 25.3 Å². The average Bonchev–Trinajstić information content (AvgIpc) is 3.10. The topological polar surface area (TPSA) is 145 Å². The number of nitrogen functional groups attached to an aromatic ring is 1. The lowest BCUT2D eigenvalue weighted by Crippen LogP contribution is -2.28. The molecule has 4 N–H and O–H groups in total. The first kappa shape index (κ1) is 42.2. The second kappa shape index (κ2) is 23.5. The summed E-state index contributed by atoms with van der Waals surface area (Å²) in [4.78, 5) is 41.5. The lowest BCUT2D eigenvalue weighted by atomic mass is 9.92. The molecule has 254 valence electrons. The van der Waals surface area contributed by atoms with Crippen molar-refractivity contribution >= 4 is 43.6 Å². The first-order chi connectivity index (χ1) is 22.6. The van der Waals surface area contributed by atoms with E-state index in [0.29, 0.717) is 41.1 Å². The molecule has 0 bridgehead atoms.